The molecule has 2 aliphatic heterocycles. The second-order valence-electron chi connectivity index (χ2n) is 9.07. The van der Waals surface area contributed by atoms with Crippen molar-refractivity contribution in [1.82, 2.24) is 46.1 Å². The summed E-state index contributed by atoms with van der Waals surface area (Å²) in [5.74, 6) is -2.58. The minimum atomic E-state index is -1.24. The molecule has 2 aliphatic rings. The van der Waals surface area contributed by atoms with E-state index in [1.165, 1.54) is 39.8 Å². The van der Waals surface area contributed by atoms with Gasteiger partial charge in [-0.3, -0.25) is 19.3 Å². The number of thioether (sulfide) groups is 2. The number of nitrogens with one attached hydrogen (secondary N) is 4. The van der Waals surface area contributed by atoms with Crippen molar-refractivity contribution in [2.45, 2.75) is 34.8 Å². The van der Waals surface area contributed by atoms with Crippen LogP contribution < -0.4 is 10.6 Å². The van der Waals surface area contributed by atoms with Crippen LogP contribution in [0.3, 0.4) is 0 Å². The number of para-hydroxylation sites is 2. The van der Waals surface area contributed by atoms with Crippen LogP contribution in [0.2, 0.25) is 0 Å². The fourth-order valence-corrected chi connectivity index (χ4v) is 7.81. The number of aromatic amines is 2. The second-order valence-corrected chi connectivity index (χ2v) is 12.5. The lowest BCUT2D eigenvalue weighted by molar-refractivity contribution is -0.151. The number of hydrogen-bond donors (Lipinski definition) is 5. The number of rotatable bonds is 9. The number of carboxylic acid groups (broad SMARTS) is 1. The Labute approximate surface area is 243 Å². The number of fused-ring (bicyclic) bond motifs is 2. The topological polar surface area (TPSA) is 199 Å². The van der Waals surface area contributed by atoms with E-state index >= 15 is 0 Å². The van der Waals surface area contributed by atoms with Crippen LogP contribution in [-0.4, -0.2) is 86.7 Å². The molecule has 0 spiro atoms. The number of aliphatic carboxylic acids is 1. The lowest BCUT2D eigenvalue weighted by atomic mass is 10.0. The summed E-state index contributed by atoms with van der Waals surface area (Å²) >= 11 is 3.87. The number of nitrogens with zero attached hydrogens (tertiary/aromatic N) is 5. The first-order valence-electron chi connectivity index (χ1n) is 12.2. The van der Waals surface area contributed by atoms with Gasteiger partial charge in [0.25, 0.3) is 11.8 Å². The first kappa shape index (κ1) is 27.0. The van der Waals surface area contributed by atoms with Crippen LogP contribution in [0.4, 0.5) is 0 Å². The molecule has 210 valence electrons. The Morgan fingerprint density at radius 1 is 1.22 bits per heavy atom. The standard InChI is InChI=1S/C24H21N9O5S3/c1-10(41-24-29-31-32-30-24)11-9-40-22-16(21(36)33(22)17(11)23(37)38)28-19(34)15(14-7-4-8-39-14)27-20(35)18-25-12-5-2-3-6-13(12)26-18/h2-8,10,15-16,22H,9H2,1H3,(H,25,26)(H,27,35)(H,28,34)(H,37,38)(H,29,30,31,32)/t10?,15?,16?,22-/m0/s1. The molecule has 6 rings (SSSR count). The molecule has 4 aromatic rings. The van der Waals surface area contributed by atoms with Crippen LogP contribution in [0.5, 0.6) is 0 Å². The molecule has 4 atom stereocenters. The molecule has 0 saturated carbocycles. The van der Waals surface area contributed by atoms with E-state index in [2.05, 4.69) is 41.2 Å². The third kappa shape index (κ3) is 5.07. The first-order chi connectivity index (χ1) is 19.8. The lowest BCUT2D eigenvalue weighted by Crippen LogP contribution is -2.71. The van der Waals surface area contributed by atoms with E-state index in [0.717, 1.165) is 0 Å². The van der Waals surface area contributed by atoms with Gasteiger partial charge in [0.05, 0.1) is 11.0 Å². The number of carboxylic acids is 1. The summed E-state index contributed by atoms with van der Waals surface area (Å²) in [6, 6.07) is 8.56. The number of β-lactam (4-membered cyclic amide) rings is 1. The highest BCUT2D eigenvalue weighted by Gasteiger charge is 2.55. The van der Waals surface area contributed by atoms with Gasteiger partial charge in [0, 0.05) is 15.9 Å². The fraction of sp³-hybridized carbons (Fsp3) is 0.250. The normalized spacial score (nSPS) is 19.8. The molecule has 1 fully saturated rings. The molecule has 1 saturated heterocycles. The number of thiophene rings is 1. The van der Waals surface area contributed by atoms with Crippen molar-refractivity contribution in [1.29, 1.82) is 0 Å². The first-order valence-corrected chi connectivity index (χ1v) is 15.0. The molecule has 14 nitrogen and oxygen atoms in total. The Hall–Kier alpha value is -4.22. The number of tetrazole rings is 1. The molecule has 3 unspecified atom stereocenters. The molecule has 1 aromatic carbocycles. The molecule has 3 amide bonds. The van der Waals surface area contributed by atoms with E-state index in [9.17, 15) is 24.3 Å². The lowest BCUT2D eigenvalue weighted by Gasteiger charge is -2.50. The monoisotopic (exact) mass is 611 g/mol. The van der Waals surface area contributed by atoms with Crippen molar-refractivity contribution >= 4 is 69.6 Å². The maximum absolute atomic E-state index is 13.5. The largest absolute Gasteiger partial charge is 0.477 e. The van der Waals surface area contributed by atoms with Crippen molar-refractivity contribution in [3.8, 4) is 0 Å². The van der Waals surface area contributed by atoms with Crippen molar-refractivity contribution in [2.24, 2.45) is 0 Å². The molecule has 5 heterocycles. The molecule has 5 N–H and O–H groups in total. The van der Waals surface area contributed by atoms with Crippen molar-refractivity contribution < 1.29 is 24.3 Å². The predicted octanol–water partition coefficient (Wildman–Crippen LogP) is 1.53. The van der Waals surface area contributed by atoms with Crippen LogP contribution in [0.1, 0.15) is 28.5 Å². The average Bonchev–Trinajstić information content (AvgIpc) is 3.75. The molecule has 17 heteroatoms. The van der Waals surface area contributed by atoms with Gasteiger partial charge in [-0.1, -0.05) is 30.0 Å². The maximum Gasteiger partial charge on any atom is 0.352 e. The number of amides is 3. The van der Waals surface area contributed by atoms with E-state index in [1.807, 2.05) is 13.0 Å². The number of carbonyl (C=O) groups is 4. The third-order valence-electron chi connectivity index (χ3n) is 6.57. The highest BCUT2D eigenvalue weighted by Crippen LogP contribution is 2.43. The predicted molar refractivity (Wildman–Crippen MR) is 150 cm³/mol. The van der Waals surface area contributed by atoms with Gasteiger partial charge in [-0.05, 0) is 46.5 Å². The highest BCUT2D eigenvalue weighted by atomic mass is 32.2. The van der Waals surface area contributed by atoms with Crippen molar-refractivity contribution in [3.05, 3.63) is 63.7 Å². The minimum absolute atomic E-state index is 0.0474. The second kappa shape index (κ2) is 11.0. The van der Waals surface area contributed by atoms with Gasteiger partial charge in [-0.15, -0.1) is 28.2 Å². The van der Waals surface area contributed by atoms with Gasteiger partial charge >= 0.3 is 5.97 Å². The fourth-order valence-electron chi connectivity index (χ4n) is 4.61. The summed E-state index contributed by atoms with van der Waals surface area (Å²) in [7, 11) is 0. The van der Waals surface area contributed by atoms with E-state index in [-0.39, 0.29) is 16.8 Å². The van der Waals surface area contributed by atoms with E-state index in [1.54, 1.807) is 35.7 Å². The number of hydrogen-bond acceptors (Lipinski definition) is 11. The SMILES string of the molecule is CC(Sc1nnn[nH]1)C1=C(C(=O)O)N2C(=O)C(NC(=O)C(NC(=O)c3nc4ccccc4[nH]3)c3cccs3)[C@@H]2SC1. The smallest absolute Gasteiger partial charge is 0.352 e. The zero-order valence-electron chi connectivity index (χ0n) is 21.1. The van der Waals surface area contributed by atoms with Crippen molar-refractivity contribution in [2.75, 3.05) is 5.75 Å². The number of carbonyl (C=O) groups excluding carboxylic acids is 3. The Bertz CT molecular complexity index is 1640. The average molecular weight is 612 g/mol. The summed E-state index contributed by atoms with van der Waals surface area (Å²) in [6.07, 6.45) is 0. The Morgan fingerprint density at radius 2 is 2.05 bits per heavy atom. The number of H-pyrrole nitrogens is 2. The van der Waals surface area contributed by atoms with Crippen LogP contribution >= 0.6 is 34.9 Å². The molecule has 0 bridgehead atoms. The minimum Gasteiger partial charge on any atom is -0.477 e. The number of benzene rings is 1. The molecule has 0 aliphatic carbocycles. The van der Waals surface area contributed by atoms with Crippen LogP contribution in [0, 0.1) is 0 Å². The van der Waals surface area contributed by atoms with Crippen LogP contribution in [0.25, 0.3) is 11.0 Å². The molecule has 3 aromatic heterocycles. The zero-order valence-corrected chi connectivity index (χ0v) is 23.5. The molecular weight excluding hydrogens is 591 g/mol. The van der Waals surface area contributed by atoms with Gasteiger partial charge in [0.15, 0.2) is 5.82 Å². The third-order valence-corrected chi connectivity index (χ3v) is 9.85. The summed E-state index contributed by atoms with van der Waals surface area (Å²) in [5.41, 5.74) is 1.73. The number of imidazole rings is 1. The quantitative estimate of drug-likeness (QED) is 0.136. The van der Waals surface area contributed by atoms with Gasteiger partial charge in [0.2, 0.25) is 11.1 Å². The number of aromatic nitrogens is 6. The Kier molecular flexibility index (Phi) is 7.22. The zero-order chi connectivity index (χ0) is 28.7. The van der Waals surface area contributed by atoms with Gasteiger partial charge < -0.3 is 20.7 Å². The summed E-state index contributed by atoms with van der Waals surface area (Å²) in [5, 5.41) is 30.2. The summed E-state index contributed by atoms with van der Waals surface area (Å²) in [4.78, 5) is 61.1. The highest BCUT2D eigenvalue weighted by molar-refractivity contribution is 8.01. The molecule has 41 heavy (non-hydrogen) atoms. The van der Waals surface area contributed by atoms with E-state index < -0.39 is 41.1 Å². The molecule has 0 radical (unpaired) electrons. The maximum atomic E-state index is 13.5. The van der Waals surface area contributed by atoms with Crippen LogP contribution in [-0.2, 0) is 14.4 Å². The van der Waals surface area contributed by atoms with E-state index in [4.69, 9.17) is 0 Å². The van der Waals surface area contributed by atoms with E-state index in [0.29, 0.717) is 32.4 Å². The van der Waals surface area contributed by atoms with Crippen molar-refractivity contribution in [3.63, 3.8) is 0 Å². The Morgan fingerprint density at radius 3 is 2.76 bits per heavy atom. The van der Waals surface area contributed by atoms with Gasteiger partial charge in [0.1, 0.15) is 23.2 Å². The molecular formula is C24H21N9O5S3. The summed E-state index contributed by atoms with van der Waals surface area (Å²) in [6.45, 7) is 1.81. The van der Waals surface area contributed by atoms with Gasteiger partial charge in [-0.25, -0.2) is 14.9 Å². The summed E-state index contributed by atoms with van der Waals surface area (Å²) < 4.78 is 0. The Balaban J connectivity index is 1.19. The van der Waals surface area contributed by atoms with Gasteiger partial charge in [-0.2, -0.15) is 0 Å². The van der Waals surface area contributed by atoms with Crippen LogP contribution in [0.15, 0.2) is 58.2 Å².